The molecule has 2 unspecified atom stereocenters. The average molecular weight is 457 g/mol. The number of aryl methyl sites for hydroxylation is 1. The number of piperidine rings is 1. The summed E-state index contributed by atoms with van der Waals surface area (Å²) in [5.74, 6) is 1.36. The zero-order valence-corrected chi connectivity index (χ0v) is 19.1. The van der Waals surface area contributed by atoms with E-state index in [2.05, 4.69) is 47.4 Å². The first-order valence-corrected chi connectivity index (χ1v) is 13.1. The highest BCUT2D eigenvalue weighted by Gasteiger charge is 2.37. The van der Waals surface area contributed by atoms with Crippen LogP contribution < -0.4 is 0 Å². The van der Waals surface area contributed by atoms with Crippen molar-refractivity contribution in [2.75, 3.05) is 37.7 Å². The lowest BCUT2D eigenvalue weighted by Gasteiger charge is -2.40. The Hall–Kier alpha value is -2.68. The Labute approximate surface area is 188 Å². The SMILES string of the molecule is CCc1ccc(C2CC(c3nc(C4=CC4)no3)CN(C(=O)N3CCS(=O)(=O)CC3)C2)cc1. The fraction of sp³-hybridized carbons (Fsp3) is 0.522. The van der Waals surface area contributed by atoms with E-state index in [1.807, 2.05) is 4.90 Å². The number of allylic oxidation sites excluding steroid dienone is 2. The van der Waals surface area contributed by atoms with Crippen molar-refractivity contribution in [3.8, 4) is 0 Å². The summed E-state index contributed by atoms with van der Waals surface area (Å²) in [6.45, 7) is 3.71. The van der Waals surface area contributed by atoms with E-state index in [9.17, 15) is 13.2 Å². The second-order valence-electron chi connectivity index (χ2n) is 8.94. The van der Waals surface area contributed by atoms with Crippen LogP contribution in [0.25, 0.3) is 5.57 Å². The van der Waals surface area contributed by atoms with Crippen LogP contribution in [-0.2, 0) is 16.3 Å². The van der Waals surface area contributed by atoms with Gasteiger partial charge in [-0.25, -0.2) is 13.2 Å². The lowest BCUT2D eigenvalue weighted by Crippen LogP contribution is -2.53. The predicted molar refractivity (Wildman–Crippen MR) is 120 cm³/mol. The first-order chi connectivity index (χ1) is 15.4. The van der Waals surface area contributed by atoms with Gasteiger partial charge in [-0.3, -0.25) is 0 Å². The number of amides is 2. The van der Waals surface area contributed by atoms with E-state index in [0.29, 0.717) is 24.8 Å². The van der Waals surface area contributed by atoms with Crippen molar-refractivity contribution in [3.63, 3.8) is 0 Å². The molecular weight excluding hydrogens is 428 g/mol. The van der Waals surface area contributed by atoms with Gasteiger partial charge in [0, 0.05) is 37.7 Å². The first-order valence-electron chi connectivity index (χ1n) is 11.3. The molecule has 2 saturated heterocycles. The molecule has 0 spiro atoms. The van der Waals surface area contributed by atoms with Crippen molar-refractivity contribution >= 4 is 21.4 Å². The molecule has 2 atom stereocenters. The third-order valence-corrected chi connectivity index (χ3v) is 8.29. The van der Waals surface area contributed by atoms with Gasteiger partial charge in [-0.1, -0.05) is 42.4 Å². The summed E-state index contributed by atoms with van der Waals surface area (Å²) in [6.07, 6.45) is 4.77. The van der Waals surface area contributed by atoms with Crippen LogP contribution in [0, 0.1) is 0 Å². The monoisotopic (exact) mass is 456 g/mol. The van der Waals surface area contributed by atoms with Gasteiger partial charge < -0.3 is 14.3 Å². The van der Waals surface area contributed by atoms with Gasteiger partial charge in [-0.05, 0) is 30.4 Å². The molecule has 2 fully saturated rings. The zero-order chi connectivity index (χ0) is 22.3. The summed E-state index contributed by atoms with van der Waals surface area (Å²) in [6, 6.07) is 8.48. The molecule has 3 aliphatic rings. The number of likely N-dealkylation sites (tertiary alicyclic amines) is 1. The predicted octanol–water partition coefficient (Wildman–Crippen LogP) is 2.84. The third kappa shape index (κ3) is 4.44. The minimum Gasteiger partial charge on any atom is -0.339 e. The molecule has 5 rings (SSSR count). The number of urea groups is 1. The molecular formula is C23H28N4O4S. The number of benzene rings is 1. The molecule has 0 radical (unpaired) electrons. The summed E-state index contributed by atoms with van der Waals surface area (Å²) >= 11 is 0. The smallest absolute Gasteiger partial charge is 0.320 e. The number of rotatable bonds is 4. The Kier molecular flexibility index (Phi) is 5.53. The van der Waals surface area contributed by atoms with Crippen molar-refractivity contribution in [1.29, 1.82) is 0 Å². The molecule has 8 nitrogen and oxygen atoms in total. The molecule has 2 aliphatic heterocycles. The standard InChI is InChI=1S/C23H28N4O4S/c1-2-16-3-5-17(6-4-16)19-13-20(22-24-21(25-31-22)18-7-8-18)15-27(14-19)23(28)26-9-11-32(29,30)12-10-26/h3-7,19-20H,2,8-15H2,1H3. The Morgan fingerprint density at radius 1 is 1.09 bits per heavy atom. The fourth-order valence-corrected chi connectivity index (χ4v) is 5.77. The highest BCUT2D eigenvalue weighted by atomic mass is 32.2. The number of carbonyl (C=O) groups excluding carboxylic acids is 1. The maximum absolute atomic E-state index is 13.3. The molecule has 170 valence electrons. The van der Waals surface area contributed by atoms with Crippen molar-refractivity contribution < 1.29 is 17.7 Å². The normalized spacial score (nSPS) is 24.8. The zero-order valence-electron chi connectivity index (χ0n) is 18.2. The largest absolute Gasteiger partial charge is 0.339 e. The van der Waals surface area contributed by atoms with Crippen LogP contribution in [0.3, 0.4) is 0 Å². The lowest BCUT2D eigenvalue weighted by atomic mass is 9.84. The quantitative estimate of drug-likeness (QED) is 0.702. The highest BCUT2D eigenvalue weighted by Crippen LogP contribution is 2.37. The summed E-state index contributed by atoms with van der Waals surface area (Å²) in [5, 5.41) is 4.11. The van der Waals surface area contributed by atoms with E-state index in [1.54, 1.807) is 4.90 Å². The minimum atomic E-state index is -3.04. The number of hydrogen-bond acceptors (Lipinski definition) is 6. The first kappa shape index (κ1) is 21.2. The van der Waals surface area contributed by atoms with E-state index in [4.69, 9.17) is 4.52 Å². The second kappa shape index (κ2) is 8.35. The van der Waals surface area contributed by atoms with Gasteiger partial charge in [0.25, 0.3) is 0 Å². The number of nitrogens with zero attached hydrogens (tertiary/aromatic N) is 4. The fourth-order valence-electron chi connectivity index (χ4n) is 4.57. The molecule has 2 amide bonds. The number of hydrogen-bond donors (Lipinski definition) is 0. The van der Waals surface area contributed by atoms with Crippen molar-refractivity contribution in [2.45, 2.75) is 38.0 Å². The molecule has 9 heteroatoms. The highest BCUT2D eigenvalue weighted by molar-refractivity contribution is 7.91. The molecule has 1 aromatic heterocycles. The Bertz CT molecular complexity index is 1130. The molecule has 0 saturated carbocycles. The van der Waals surface area contributed by atoms with Gasteiger partial charge in [0.2, 0.25) is 5.89 Å². The molecule has 0 N–H and O–H groups in total. The van der Waals surface area contributed by atoms with Gasteiger partial charge in [0.05, 0.1) is 17.4 Å². The van der Waals surface area contributed by atoms with Crippen LogP contribution in [-0.4, -0.2) is 72.1 Å². The van der Waals surface area contributed by atoms with Crippen molar-refractivity contribution in [2.24, 2.45) is 0 Å². The number of carbonyl (C=O) groups is 1. The number of aromatic nitrogens is 2. The van der Waals surface area contributed by atoms with Crippen LogP contribution in [0.15, 0.2) is 34.9 Å². The van der Waals surface area contributed by atoms with Gasteiger partial charge in [-0.15, -0.1) is 0 Å². The van der Waals surface area contributed by atoms with Crippen LogP contribution in [0.1, 0.15) is 54.4 Å². The van der Waals surface area contributed by atoms with E-state index >= 15 is 0 Å². The molecule has 1 aliphatic carbocycles. The number of sulfone groups is 1. The topological polar surface area (TPSA) is 96.6 Å². The molecule has 0 bridgehead atoms. The molecule has 2 aromatic rings. The van der Waals surface area contributed by atoms with Gasteiger partial charge in [-0.2, -0.15) is 4.98 Å². The van der Waals surface area contributed by atoms with E-state index in [0.717, 1.165) is 24.8 Å². The Balaban J connectivity index is 1.38. The average Bonchev–Trinajstić information content (AvgIpc) is 3.54. The minimum absolute atomic E-state index is 0.0278. The van der Waals surface area contributed by atoms with E-state index < -0.39 is 9.84 Å². The van der Waals surface area contributed by atoms with Crippen molar-refractivity contribution in [3.05, 3.63) is 53.2 Å². The summed E-state index contributed by atoms with van der Waals surface area (Å²) in [7, 11) is -3.04. The Morgan fingerprint density at radius 3 is 2.44 bits per heavy atom. The Morgan fingerprint density at radius 2 is 1.78 bits per heavy atom. The second-order valence-corrected chi connectivity index (χ2v) is 11.2. The van der Waals surface area contributed by atoms with Crippen molar-refractivity contribution in [1.82, 2.24) is 19.9 Å². The van der Waals surface area contributed by atoms with E-state index in [1.165, 1.54) is 11.1 Å². The van der Waals surface area contributed by atoms with Crippen LogP contribution in [0.5, 0.6) is 0 Å². The molecule has 32 heavy (non-hydrogen) atoms. The molecule has 1 aromatic carbocycles. The van der Waals surface area contributed by atoms with Gasteiger partial charge >= 0.3 is 6.03 Å². The van der Waals surface area contributed by atoms with Gasteiger partial charge in [0.1, 0.15) is 0 Å². The van der Waals surface area contributed by atoms with Crippen LogP contribution in [0.4, 0.5) is 4.79 Å². The van der Waals surface area contributed by atoms with Crippen LogP contribution in [0.2, 0.25) is 0 Å². The maximum atomic E-state index is 13.3. The van der Waals surface area contributed by atoms with E-state index in [-0.39, 0.29) is 42.5 Å². The lowest BCUT2D eigenvalue weighted by molar-refractivity contribution is 0.130. The van der Waals surface area contributed by atoms with Gasteiger partial charge in [0.15, 0.2) is 15.7 Å². The summed E-state index contributed by atoms with van der Waals surface area (Å²) < 4.78 is 29.2. The summed E-state index contributed by atoms with van der Waals surface area (Å²) in [4.78, 5) is 21.4. The third-order valence-electron chi connectivity index (χ3n) is 6.68. The molecule has 3 heterocycles. The van der Waals surface area contributed by atoms with Crippen LogP contribution >= 0.6 is 0 Å². The maximum Gasteiger partial charge on any atom is 0.320 e. The summed E-state index contributed by atoms with van der Waals surface area (Å²) in [5.41, 5.74) is 3.57.